The highest BCUT2D eigenvalue weighted by Crippen LogP contribution is 2.60. The van der Waals surface area contributed by atoms with Crippen molar-refractivity contribution in [1.29, 1.82) is 0 Å². The highest BCUT2D eigenvalue weighted by Gasteiger charge is 2.55. The summed E-state index contributed by atoms with van der Waals surface area (Å²) in [5, 5.41) is 6.12. The third-order valence-electron chi connectivity index (χ3n) is 7.52. The van der Waals surface area contributed by atoms with Crippen LogP contribution in [0.3, 0.4) is 0 Å². The normalized spacial score (nSPS) is 30.6. The molecule has 0 aliphatic heterocycles. The molecule has 160 valence electrons. The zero-order valence-electron chi connectivity index (χ0n) is 18.0. The average Bonchev–Trinajstić information content (AvgIpc) is 3.03. The first-order valence-electron chi connectivity index (χ1n) is 11.3. The van der Waals surface area contributed by atoms with Crippen LogP contribution in [-0.4, -0.2) is 22.8 Å². The second kappa shape index (κ2) is 7.10. The molecule has 4 aliphatic carbocycles. The van der Waals surface area contributed by atoms with Gasteiger partial charge in [-0.15, -0.1) is 0 Å². The Labute approximate surface area is 177 Å². The van der Waals surface area contributed by atoms with Crippen molar-refractivity contribution < 1.29 is 14.0 Å². The number of carbonyl (C=O) groups is 2. The maximum atomic E-state index is 13.4. The lowest BCUT2D eigenvalue weighted by Gasteiger charge is -2.55. The predicted octanol–water partition coefficient (Wildman–Crippen LogP) is 4.43. The van der Waals surface area contributed by atoms with Gasteiger partial charge in [-0.2, -0.15) is 0 Å². The molecule has 1 aromatic heterocycles. The van der Waals surface area contributed by atoms with Crippen LogP contribution in [-0.2, 0) is 9.59 Å². The summed E-state index contributed by atoms with van der Waals surface area (Å²) in [7, 11) is 0. The first kappa shape index (κ1) is 19.6. The van der Waals surface area contributed by atoms with Crippen molar-refractivity contribution in [3.05, 3.63) is 24.1 Å². The summed E-state index contributed by atoms with van der Waals surface area (Å²) in [6, 6.07) is 4.87. The highest BCUT2D eigenvalue weighted by molar-refractivity contribution is 5.99. The van der Waals surface area contributed by atoms with Crippen LogP contribution in [0.15, 0.2) is 22.6 Å². The molecule has 4 saturated carbocycles. The fraction of sp³-hybridized carbons (Fsp3) is 0.625. The Morgan fingerprint density at radius 3 is 2.33 bits per heavy atom. The van der Waals surface area contributed by atoms with Gasteiger partial charge in [-0.05, 0) is 80.4 Å². The maximum Gasteiger partial charge on any atom is 0.247 e. The monoisotopic (exact) mass is 409 g/mol. The second-order valence-corrected chi connectivity index (χ2v) is 10.3. The van der Waals surface area contributed by atoms with E-state index in [1.807, 2.05) is 32.0 Å². The summed E-state index contributed by atoms with van der Waals surface area (Å²) in [4.78, 5) is 30.8. The van der Waals surface area contributed by atoms with Gasteiger partial charge < -0.3 is 15.1 Å². The Bertz CT molecular complexity index is 957. The van der Waals surface area contributed by atoms with Crippen molar-refractivity contribution >= 4 is 28.6 Å². The summed E-state index contributed by atoms with van der Waals surface area (Å²) in [6.45, 7) is 5.76. The lowest BCUT2D eigenvalue weighted by atomic mass is 9.49. The van der Waals surface area contributed by atoms with Crippen molar-refractivity contribution in [2.75, 3.05) is 5.32 Å². The molecular weight excluding hydrogens is 378 g/mol. The van der Waals surface area contributed by atoms with E-state index in [9.17, 15) is 9.59 Å². The molecular formula is C24H31N3O3. The van der Waals surface area contributed by atoms with Gasteiger partial charge in [0.25, 0.3) is 0 Å². The number of hydrogen-bond acceptors (Lipinski definition) is 4. The Balaban J connectivity index is 1.31. The zero-order valence-corrected chi connectivity index (χ0v) is 18.0. The third kappa shape index (κ3) is 3.40. The fourth-order valence-corrected chi connectivity index (χ4v) is 6.56. The molecule has 2 N–H and O–H groups in total. The number of rotatable bonds is 5. The molecule has 1 aromatic carbocycles. The number of oxazole rings is 1. The lowest BCUT2D eigenvalue weighted by Crippen LogP contribution is -2.57. The molecule has 1 heterocycles. The molecule has 6 nitrogen and oxygen atoms in total. The highest BCUT2D eigenvalue weighted by atomic mass is 16.3. The van der Waals surface area contributed by atoms with Crippen LogP contribution in [0.1, 0.15) is 58.3 Å². The minimum Gasteiger partial charge on any atom is -0.441 e. The SMILES string of the molecule is Cc1nc2cc(NC(=O)C(NC(=O)C34CC5CC(CC(C5)C3)C4)C(C)C)ccc2o1. The van der Waals surface area contributed by atoms with Crippen molar-refractivity contribution in [3.63, 3.8) is 0 Å². The number of benzene rings is 1. The molecule has 2 amide bonds. The molecule has 6 rings (SSSR count). The average molecular weight is 410 g/mol. The standard InChI is InChI=1S/C24H31N3O3/c1-13(2)21(22(28)26-18-4-5-20-19(9-18)25-14(3)30-20)27-23(29)24-10-15-6-16(11-24)8-17(7-15)12-24/h4-5,9,13,15-17,21H,6-8,10-12H2,1-3H3,(H,26,28)(H,27,29). The van der Waals surface area contributed by atoms with Crippen molar-refractivity contribution in [1.82, 2.24) is 10.3 Å². The number of aryl methyl sites for hydroxylation is 1. The van der Waals surface area contributed by atoms with Gasteiger partial charge in [0.1, 0.15) is 11.6 Å². The largest absolute Gasteiger partial charge is 0.441 e. The Morgan fingerprint density at radius 2 is 1.73 bits per heavy atom. The molecule has 0 saturated heterocycles. The van der Waals surface area contributed by atoms with Gasteiger partial charge in [-0.3, -0.25) is 9.59 Å². The second-order valence-electron chi connectivity index (χ2n) is 10.3. The number of aromatic nitrogens is 1. The van der Waals surface area contributed by atoms with E-state index in [2.05, 4.69) is 15.6 Å². The van der Waals surface area contributed by atoms with Crippen LogP contribution in [0.2, 0.25) is 0 Å². The number of nitrogens with one attached hydrogen (secondary N) is 2. The quantitative estimate of drug-likeness (QED) is 0.765. The molecule has 4 aliphatic rings. The number of nitrogens with zero attached hydrogens (tertiary/aromatic N) is 1. The van der Waals surface area contributed by atoms with Crippen LogP contribution < -0.4 is 10.6 Å². The van der Waals surface area contributed by atoms with E-state index in [1.54, 1.807) is 6.92 Å². The number of anilines is 1. The summed E-state index contributed by atoms with van der Waals surface area (Å²) >= 11 is 0. The van der Waals surface area contributed by atoms with E-state index in [4.69, 9.17) is 4.42 Å². The predicted molar refractivity (Wildman–Crippen MR) is 115 cm³/mol. The molecule has 4 fully saturated rings. The van der Waals surface area contributed by atoms with E-state index < -0.39 is 6.04 Å². The van der Waals surface area contributed by atoms with Gasteiger partial charge >= 0.3 is 0 Å². The first-order chi connectivity index (χ1) is 14.3. The molecule has 2 aromatic rings. The van der Waals surface area contributed by atoms with Crippen LogP contribution in [0.5, 0.6) is 0 Å². The fourth-order valence-electron chi connectivity index (χ4n) is 6.56. The maximum absolute atomic E-state index is 13.4. The van der Waals surface area contributed by atoms with Crippen molar-refractivity contribution in [3.8, 4) is 0 Å². The van der Waals surface area contributed by atoms with Crippen molar-refractivity contribution in [2.45, 2.75) is 65.3 Å². The number of amides is 2. The lowest BCUT2D eigenvalue weighted by molar-refractivity contribution is -0.148. The van der Waals surface area contributed by atoms with Crippen LogP contribution in [0.4, 0.5) is 5.69 Å². The zero-order chi connectivity index (χ0) is 21.0. The Hall–Kier alpha value is -2.37. The molecule has 30 heavy (non-hydrogen) atoms. The molecule has 1 unspecified atom stereocenters. The molecule has 1 atom stereocenters. The van der Waals surface area contributed by atoms with Gasteiger partial charge in [0.05, 0.1) is 0 Å². The van der Waals surface area contributed by atoms with E-state index in [0.717, 1.165) is 19.3 Å². The van der Waals surface area contributed by atoms with Gasteiger partial charge in [0, 0.05) is 18.0 Å². The Morgan fingerprint density at radius 1 is 1.10 bits per heavy atom. The van der Waals surface area contributed by atoms with E-state index in [0.29, 0.717) is 40.4 Å². The van der Waals surface area contributed by atoms with Gasteiger partial charge in [0.15, 0.2) is 11.5 Å². The summed E-state index contributed by atoms with van der Waals surface area (Å²) in [5.74, 6) is 2.61. The smallest absolute Gasteiger partial charge is 0.247 e. The minimum absolute atomic E-state index is 0.000823. The van der Waals surface area contributed by atoms with Crippen molar-refractivity contribution in [2.24, 2.45) is 29.1 Å². The number of fused-ring (bicyclic) bond motifs is 1. The van der Waals surface area contributed by atoms with E-state index >= 15 is 0 Å². The summed E-state index contributed by atoms with van der Waals surface area (Å²) in [6.07, 6.45) is 6.89. The van der Waals surface area contributed by atoms with Gasteiger partial charge in [-0.25, -0.2) is 4.98 Å². The van der Waals surface area contributed by atoms with Gasteiger partial charge in [-0.1, -0.05) is 13.8 Å². The minimum atomic E-state index is -0.555. The molecule has 4 bridgehead atoms. The molecule has 0 radical (unpaired) electrons. The summed E-state index contributed by atoms with van der Waals surface area (Å²) < 4.78 is 5.50. The van der Waals surface area contributed by atoms with Crippen LogP contribution in [0, 0.1) is 36.0 Å². The number of hydrogen-bond donors (Lipinski definition) is 2. The Kier molecular flexibility index (Phi) is 4.64. The first-order valence-corrected chi connectivity index (χ1v) is 11.3. The molecule has 6 heteroatoms. The van der Waals surface area contributed by atoms with Crippen LogP contribution >= 0.6 is 0 Å². The molecule has 0 spiro atoms. The van der Waals surface area contributed by atoms with Crippen LogP contribution in [0.25, 0.3) is 11.1 Å². The summed E-state index contributed by atoms with van der Waals surface area (Å²) in [5.41, 5.74) is 1.82. The van der Waals surface area contributed by atoms with E-state index in [-0.39, 0.29) is 23.1 Å². The topological polar surface area (TPSA) is 84.2 Å². The third-order valence-corrected chi connectivity index (χ3v) is 7.52. The van der Waals surface area contributed by atoms with E-state index in [1.165, 1.54) is 19.3 Å². The number of carbonyl (C=O) groups excluding carboxylic acids is 2. The van der Waals surface area contributed by atoms with Gasteiger partial charge in [0.2, 0.25) is 11.8 Å².